The lowest BCUT2D eigenvalue weighted by molar-refractivity contribution is -0.0147. The van der Waals surface area contributed by atoms with Crippen molar-refractivity contribution in [3.63, 3.8) is 0 Å². The number of methoxy groups -OCH3 is 1. The minimum absolute atomic E-state index is 0.0413. The molecule has 2 unspecified atom stereocenters. The molecular formula is C36H34BN2O6PS. The number of carbonyl (C=O) groups is 1. The Hall–Kier alpha value is -4.62. The highest BCUT2D eigenvalue weighted by atomic mass is 32.5. The van der Waals surface area contributed by atoms with Crippen LogP contribution in [0.4, 0.5) is 4.79 Å². The van der Waals surface area contributed by atoms with Crippen molar-refractivity contribution in [2.75, 3.05) is 27.4 Å². The normalized spacial score (nSPS) is 17.4. The van der Waals surface area contributed by atoms with Crippen LogP contribution in [0.2, 0.25) is 0 Å². The predicted octanol–water partition coefficient (Wildman–Crippen LogP) is 1.51. The van der Waals surface area contributed by atoms with Gasteiger partial charge in [0.05, 0.1) is 6.61 Å². The van der Waals surface area contributed by atoms with Crippen molar-refractivity contribution in [3.05, 3.63) is 0 Å². The third-order valence-corrected chi connectivity index (χ3v) is 7.70. The first-order valence-corrected chi connectivity index (χ1v) is 17.1. The number of amides is 2. The van der Waals surface area contributed by atoms with E-state index < -0.39 is 12.7 Å². The summed E-state index contributed by atoms with van der Waals surface area (Å²) in [6, 6.07) is 2.02. The molecule has 8 nitrogen and oxygen atoms in total. The van der Waals surface area contributed by atoms with Crippen molar-refractivity contribution in [1.82, 2.24) is 10.6 Å². The Morgan fingerprint density at radius 3 is 1.81 bits per heavy atom. The van der Waals surface area contributed by atoms with Crippen molar-refractivity contribution in [3.8, 4) is 119 Å². The molecule has 1 rings (SSSR count). The van der Waals surface area contributed by atoms with Gasteiger partial charge in [-0.05, 0) is 78.9 Å². The molecule has 11 heteroatoms. The smallest absolute Gasteiger partial charge is 0.326 e. The van der Waals surface area contributed by atoms with Crippen LogP contribution in [0.5, 0.6) is 0 Å². The number of ether oxygens (including phenoxy) is 2. The van der Waals surface area contributed by atoms with Gasteiger partial charge >= 0.3 is 12.7 Å². The second-order valence-electron chi connectivity index (χ2n) is 9.28. The Balaban J connectivity index is 2.24. The summed E-state index contributed by atoms with van der Waals surface area (Å²) in [6.45, 7) is -0.744. The SMILES string of the molecule is B[C@@H]1O[C@H](COC)C(OP(O)(=S)OC)[C@@H]1CCCCCCCNC(=O)NC#CC#CC#CC#CC#CC#CC#CC#CC#CC#CC. The summed E-state index contributed by atoms with van der Waals surface area (Å²) in [4.78, 5) is 22.0. The van der Waals surface area contributed by atoms with Crippen molar-refractivity contribution in [2.24, 2.45) is 5.92 Å². The van der Waals surface area contributed by atoms with Crippen molar-refractivity contribution in [2.45, 2.75) is 63.7 Å². The lowest BCUT2D eigenvalue weighted by atomic mass is 9.81. The van der Waals surface area contributed by atoms with Gasteiger partial charge < -0.3 is 28.7 Å². The molecule has 1 fully saturated rings. The van der Waals surface area contributed by atoms with E-state index >= 15 is 0 Å². The fourth-order valence-electron chi connectivity index (χ4n) is 4.00. The fraction of sp³-hybridized carbons (Fsp3) is 0.417. The third kappa shape index (κ3) is 20.9. The standard InChI is InChI=1S/C36H34BN2O6PS/c1-4-5-6-7-8-9-10-11-12-13-14-15-16-17-18-19-20-23-26-29-38-36(40)39-30-27-24-21-22-25-28-32-34(45-46(41,47)43-3)33(31-42-2)44-35(32)37/h32-35H,21-22,24-25,27-28,30-31,37H2,1-3H3,(H,41,47)(H2,38,39,40)/t32-,33+,34?,35+,46?/m0/s1. The number of unbranched alkanes of at least 4 members (excludes halogenated alkanes) is 4. The molecule has 0 bridgehead atoms. The van der Waals surface area contributed by atoms with Crippen LogP contribution < -0.4 is 10.6 Å². The molecule has 1 saturated heterocycles. The van der Waals surface area contributed by atoms with Crippen LogP contribution in [-0.2, 0) is 30.3 Å². The summed E-state index contributed by atoms with van der Waals surface area (Å²) in [6.07, 6.45) is 5.03. The quantitative estimate of drug-likeness (QED) is 0.0904. The lowest BCUT2D eigenvalue weighted by Gasteiger charge is -2.26. The monoisotopic (exact) mass is 664 g/mol. The molecule has 2 amide bonds. The average Bonchev–Trinajstić information content (AvgIpc) is 3.33. The Labute approximate surface area is 286 Å². The second kappa shape index (κ2) is 26.6. The lowest BCUT2D eigenvalue weighted by Crippen LogP contribution is -2.33. The van der Waals surface area contributed by atoms with Gasteiger partial charge in [-0.1, -0.05) is 31.6 Å². The number of hydrogen-bond acceptors (Lipinski definition) is 6. The highest BCUT2D eigenvalue weighted by Gasteiger charge is 2.44. The summed E-state index contributed by atoms with van der Waals surface area (Å²) in [5, 5.41) is 5.17. The van der Waals surface area contributed by atoms with E-state index in [9.17, 15) is 9.69 Å². The zero-order valence-electron chi connectivity index (χ0n) is 26.8. The highest BCUT2D eigenvalue weighted by molar-refractivity contribution is 8.07. The topological polar surface area (TPSA) is 98.3 Å². The predicted molar refractivity (Wildman–Crippen MR) is 189 cm³/mol. The van der Waals surface area contributed by atoms with Gasteiger partial charge in [-0.15, -0.1) is 0 Å². The van der Waals surface area contributed by atoms with E-state index in [4.69, 9.17) is 30.3 Å². The maximum Gasteiger partial charge on any atom is 0.326 e. The van der Waals surface area contributed by atoms with E-state index in [0.29, 0.717) is 13.2 Å². The van der Waals surface area contributed by atoms with E-state index in [0.717, 1.165) is 38.5 Å². The zero-order valence-corrected chi connectivity index (χ0v) is 28.5. The fourth-order valence-corrected chi connectivity index (χ4v) is 4.98. The molecule has 0 aromatic rings. The van der Waals surface area contributed by atoms with Gasteiger partial charge in [-0.25, -0.2) is 4.79 Å². The molecule has 0 spiro atoms. The Bertz CT molecular complexity index is 1760. The van der Waals surface area contributed by atoms with Gasteiger partial charge in [0.1, 0.15) is 20.1 Å². The molecule has 47 heavy (non-hydrogen) atoms. The number of rotatable bonds is 13. The van der Waals surface area contributed by atoms with Crippen LogP contribution in [0.3, 0.4) is 0 Å². The highest BCUT2D eigenvalue weighted by Crippen LogP contribution is 2.48. The molecule has 0 aromatic heterocycles. The van der Waals surface area contributed by atoms with Crippen molar-refractivity contribution in [1.29, 1.82) is 0 Å². The largest absolute Gasteiger partial charge is 0.382 e. The van der Waals surface area contributed by atoms with E-state index in [1.807, 2.05) is 7.85 Å². The summed E-state index contributed by atoms with van der Waals surface area (Å²) in [7, 11) is 4.94. The van der Waals surface area contributed by atoms with Crippen LogP contribution in [0, 0.1) is 124 Å². The summed E-state index contributed by atoms with van der Waals surface area (Å²) in [5.74, 6) is 47.9. The molecule has 1 aliphatic rings. The van der Waals surface area contributed by atoms with Gasteiger partial charge in [0, 0.05) is 97.9 Å². The van der Waals surface area contributed by atoms with E-state index in [1.54, 1.807) is 14.0 Å². The maximum absolute atomic E-state index is 11.8. The zero-order chi connectivity index (χ0) is 34.4. The summed E-state index contributed by atoms with van der Waals surface area (Å²) < 4.78 is 22.0. The molecular weight excluding hydrogens is 630 g/mol. The summed E-state index contributed by atoms with van der Waals surface area (Å²) in [5.41, 5.74) is 0. The molecule has 238 valence electrons. The molecule has 1 heterocycles. The first-order valence-electron chi connectivity index (χ1n) is 14.5. The molecule has 0 radical (unpaired) electrons. The Morgan fingerprint density at radius 2 is 1.30 bits per heavy atom. The molecule has 0 saturated carbocycles. The first-order chi connectivity index (χ1) is 22.8. The van der Waals surface area contributed by atoms with E-state index in [-0.39, 0.29) is 24.1 Å². The van der Waals surface area contributed by atoms with Crippen LogP contribution in [0.1, 0.15) is 45.4 Å². The molecule has 3 N–H and O–H groups in total. The average molecular weight is 665 g/mol. The van der Waals surface area contributed by atoms with Gasteiger partial charge in [0.25, 0.3) is 0 Å². The second-order valence-corrected chi connectivity index (χ2v) is 12.2. The Kier molecular flexibility index (Phi) is 22.9. The van der Waals surface area contributed by atoms with E-state index in [1.165, 1.54) is 7.11 Å². The minimum atomic E-state index is -3.32. The number of carbonyl (C=O) groups excluding carboxylic acids is 1. The Morgan fingerprint density at radius 1 is 0.809 bits per heavy atom. The van der Waals surface area contributed by atoms with Gasteiger partial charge in [-0.2, -0.15) is 0 Å². The van der Waals surface area contributed by atoms with Crippen molar-refractivity contribution < 1.29 is 28.2 Å². The van der Waals surface area contributed by atoms with Gasteiger partial charge in [0.15, 0.2) is 0 Å². The van der Waals surface area contributed by atoms with Crippen LogP contribution in [0.15, 0.2) is 0 Å². The molecule has 5 atom stereocenters. The minimum Gasteiger partial charge on any atom is -0.382 e. The number of nitrogens with one attached hydrogen (secondary N) is 2. The van der Waals surface area contributed by atoms with E-state index in [2.05, 4.69) is 129 Å². The first kappa shape index (κ1) is 40.4. The van der Waals surface area contributed by atoms with Crippen LogP contribution in [-0.4, -0.2) is 64.4 Å². The van der Waals surface area contributed by atoms with Crippen LogP contribution in [0.25, 0.3) is 0 Å². The number of hydrogen-bond donors (Lipinski definition) is 3. The third-order valence-electron chi connectivity index (χ3n) is 6.02. The van der Waals surface area contributed by atoms with Gasteiger partial charge in [-0.3, -0.25) is 5.32 Å². The molecule has 0 aliphatic carbocycles. The van der Waals surface area contributed by atoms with Crippen molar-refractivity contribution >= 4 is 32.4 Å². The number of urea groups is 1. The summed E-state index contributed by atoms with van der Waals surface area (Å²) >= 11 is 5.06. The molecule has 0 aromatic carbocycles. The maximum atomic E-state index is 11.8. The van der Waals surface area contributed by atoms with Crippen LogP contribution >= 0.6 is 6.72 Å². The van der Waals surface area contributed by atoms with Gasteiger partial charge in [0.2, 0.25) is 0 Å². The molecule has 1 aliphatic heterocycles.